The van der Waals surface area contributed by atoms with Gasteiger partial charge >= 0.3 is 0 Å². The summed E-state index contributed by atoms with van der Waals surface area (Å²) < 4.78 is 5.70. The minimum atomic E-state index is -0.361. The third-order valence-corrected chi connectivity index (χ3v) is 3.68. The Kier molecular flexibility index (Phi) is 7.14. The van der Waals surface area contributed by atoms with Gasteiger partial charge in [-0.3, -0.25) is 14.4 Å². The molecule has 148 valence electrons. The van der Waals surface area contributed by atoms with Crippen molar-refractivity contribution in [3.8, 4) is 5.75 Å². The highest BCUT2D eigenvalue weighted by Crippen LogP contribution is 2.25. The van der Waals surface area contributed by atoms with E-state index in [2.05, 4.69) is 10.6 Å². The van der Waals surface area contributed by atoms with Crippen molar-refractivity contribution in [1.29, 1.82) is 0 Å². The molecule has 2 aromatic carbocycles. The molecule has 0 fully saturated rings. The second-order valence-electron chi connectivity index (χ2n) is 6.55. The van der Waals surface area contributed by atoms with Crippen LogP contribution >= 0.6 is 0 Å². The molecule has 0 bridgehead atoms. The van der Waals surface area contributed by atoms with Crippen molar-refractivity contribution >= 4 is 34.8 Å². The van der Waals surface area contributed by atoms with Crippen molar-refractivity contribution in [2.24, 2.45) is 0 Å². The minimum Gasteiger partial charge on any atom is -0.489 e. The van der Waals surface area contributed by atoms with Crippen LogP contribution in [0.2, 0.25) is 0 Å². The maximum Gasteiger partial charge on any atom is 0.244 e. The zero-order valence-corrected chi connectivity index (χ0v) is 16.5. The molecule has 7 heteroatoms. The molecule has 2 N–H and O–H groups in total. The smallest absolute Gasteiger partial charge is 0.244 e. The van der Waals surface area contributed by atoms with E-state index < -0.39 is 0 Å². The van der Waals surface area contributed by atoms with E-state index in [0.717, 1.165) is 0 Å². The average molecular weight is 383 g/mol. The van der Waals surface area contributed by atoms with E-state index >= 15 is 0 Å². The Morgan fingerprint density at radius 1 is 1.00 bits per heavy atom. The van der Waals surface area contributed by atoms with Gasteiger partial charge in [-0.15, -0.1) is 0 Å². The van der Waals surface area contributed by atoms with Crippen molar-refractivity contribution in [1.82, 2.24) is 0 Å². The lowest BCUT2D eigenvalue weighted by Gasteiger charge is -2.22. The number of nitrogens with one attached hydrogen (secondary N) is 2. The van der Waals surface area contributed by atoms with E-state index in [9.17, 15) is 14.4 Å². The molecule has 0 atom stereocenters. The summed E-state index contributed by atoms with van der Waals surface area (Å²) in [5, 5.41) is 5.45. The van der Waals surface area contributed by atoms with Crippen LogP contribution < -0.4 is 20.3 Å². The van der Waals surface area contributed by atoms with Crippen molar-refractivity contribution in [3.63, 3.8) is 0 Å². The first-order valence-electron chi connectivity index (χ1n) is 8.97. The minimum absolute atomic E-state index is 0.0386. The molecule has 28 heavy (non-hydrogen) atoms. The fourth-order valence-electron chi connectivity index (χ4n) is 2.60. The first-order valence-corrected chi connectivity index (χ1v) is 8.97. The standard InChI is InChI=1S/C21H25N3O4/c1-14(2)28-20-11-6-5-10-19(20)23-21(27)13-24(16(4)26)18-9-7-8-17(12-18)22-15(3)25/h5-12,14H,13H2,1-4H3,(H,22,25)(H,23,27). The molecular formula is C21H25N3O4. The summed E-state index contributed by atoms with van der Waals surface area (Å²) in [7, 11) is 0. The number of hydrogen-bond acceptors (Lipinski definition) is 4. The Hall–Kier alpha value is -3.35. The first-order chi connectivity index (χ1) is 13.3. The number of rotatable bonds is 7. The fourth-order valence-corrected chi connectivity index (χ4v) is 2.60. The Bertz CT molecular complexity index is 864. The molecule has 0 aromatic heterocycles. The Morgan fingerprint density at radius 2 is 1.71 bits per heavy atom. The molecule has 3 amide bonds. The van der Waals surface area contributed by atoms with Crippen molar-refractivity contribution in [3.05, 3.63) is 48.5 Å². The highest BCUT2D eigenvalue weighted by molar-refractivity contribution is 6.02. The quantitative estimate of drug-likeness (QED) is 0.767. The van der Waals surface area contributed by atoms with Crippen LogP contribution in [-0.4, -0.2) is 30.4 Å². The number of anilines is 3. The summed E-state index contributed by atoms with van der Waals surface area (Å²) >= 11 is 0. The molecule has 0 spiro atoms. The molecule has 2 rings (SSSR count). The van der Waals surface area contributed by atoms with E-state index in [1.54, 1.807) is 42.5 Å². The van der Waals surface area contributed by atoms with Crippen molar-refractivity contribution < 1.29 is 19.1 Å². The molecule has 0 saturated carbocycles. The number of carbonyl (C=O) groups is 3. The molecule has 0 aliphatic rings. The first kappa shape index (κ1) is 21.0. The predicted octanol–water partition coefficient (Wildman–Crippen LogP) is 3.42. The van der Waals surface area contributed by atoms with E-state index in [1.165, 1.54) is 18.7 Å². The topological polar surface area (TPSA) is 87.7 Å². The lowest BCUT2D eigenvalue weighted by atomic mass is 10.2. The molecule has 0 aliphatic carbocycles. The summed E-state index contributed by atoms with van der Waals surface area (Å²) in [5.41, 5.74) is 1.60. The largest absolute Gasteiger partial charge is 0.489 e. The second kappa shape index (κ2) is 9.55. The van der Waals surface area contributed by atoms with E-state index in [0.29, 0.717) is 22.8 Å². The number of amides is 3. The van der Waals surface area contributed by atoms with Gasteiger partial charge in [-0.25, -0.2) is 0 Å². The fraction of sp³-hybridized carbons (Fsp3) is 0.286. The lowest BCUT2D eigenvalue weighted by molar-refractivity contribution is -0.120. The van der Waals surface area contributed by atoms with Crippen LogP contribution in [0.15, 0.2) is 48.5 Å². The summed E-state index contributed by atoms with van der Waals surface area (Å²) in [6, 6.07) is 13.9. The van der Waals surface area contributed by atoms with E-state index in [1.807, 2.05) is 19.9 Å². The number of hydrogen-bond donors (Lipinski definition) is 2. The van der Waals surface area contributed by atoms with Crippen LogP contribution in [0.4, 0.5) is 17.1 Å². The van der Waals surface area contributed by atoms with Crippen LogP contribution in [0.25, 0.3) is 0 Å². The molecule has 0 radical (unpaired) electrons. The Morgan fingerprint density at radius 3 is 2.36 bits per heavy atom. The zero-order valence-electron chi connectivity index (χ0n) is 16.5. The Balaban J connectivity index is 2.16. The van der Waals surface area contributed by atoms with Gasteiger partial charge in [0.15, 0.2) is 0 Å². The average Bonchev–Trinajstić information content (AvgIpc) is 2.60. The molecule has 0 heterocycles. The second-order valence-corrected chi connectivity index (χ2v) is 6.55. The summed E-state index contributed by atoms with van der Waals surface area (Å²) in [4.78, 5) is 37.3. The zero-order chi connectivity index (χ0) is 20.7. The molecule has 0 aliphatic heterocycles. The van der Waals surface area contributed by atoms with Crippen LogP contribution in [0.5, 0.6) is 5.75 Å². The van der Waals surface area contributed by atoms with Gasteiger partial charge in [0.2, 0.25) is 17.7 Å². The van der Waals surface area contributed by atoms with Crippen molar-refractivity contribution in [2.45, 2.75) is 33.8 Å². The maximum atomic E-state index is 12.6. The van der Waals surface area contributed by atoms with Gasteiger partial charge in [-0.05, 0) is 44.2 Å². The number of ether oxygens (including phenoxy) is 1. The van der Waals surface area contributed by atoms with Crippen molar-refractivity contribution in [2.75, 3.05) is 22.1 Å². The predicted molar refractivity (Wildman–Crippen MR) is 110 cm³/mol. The van der Waals surface area contributed by atoms with Crippen LogP contribution in [-0.2, 0) is 14.4 Å². The van der Waals surface area contributed by atoms with Gasteiger partial charge in [0.1, 0.15) is 12.3 Å². The van der Waals surface area contributed by atoms with Crippen LogP contribution in [0.3, 0.4) is 0 Å². The summed E-state index contributed by atoms with van der Waals surface area (Å²) in [6.45, 7) is 6.42. The summed E-state index contributed by atoms with van der Waals surface area (Å²) in [5.74, 6) is -0.305. The SMILES string of the molecule is CC(=O)Nc1cccc(N(CC(=O)Nc2ccccc2OC(C)C)C(C)=O)c1. The normalized spacial score (nSPS) is 10.3. The third-order valence-electron chi connectivity index (χ3n) is 3.68. The number of nitrogens with zero attached hydrogens (tertiary/aromatic N) is 1. The molecule has 0 saturated heterocycles. The van der Waals surface area contributed by atoms with E-state index in [-0.39, 0.29) is 30.4 Å². The number of carbonyl (C=O) groups excluding carboxylic acids is 3. The van der Waals surface area contributed by atoms with Gasteiger partial charge in [0.25, 0.3) is 0 Å². The highest BCUT2D eigenvalue weighted by Gasteiger charge is 2.17. The van der Waals surface area contributed by atoms with Gasteiger partial charge in [0, 0.05) is 25.2 Å². The highest BCUT2D eigenvalue weighted by atomic mass is 16.5. The van der Waals surface area contributed by atoms with Gasteiger partial charge in [-0.2, -0.15) is 0 Å². The van der Waals surface area contributed by atoms with Crippen LogP contribution in [0.1, 0.15) is 27.7 Å². The molecule has 2 aromatic rings. The molecular weight excluding hydrogens is 358 g/mol. The summed E-state index contributed by atoms with van der Waals surface area (Å²) in [6.07, 6.45) is -0.0386. The van der Waals surface area contributed by atoms with Gasteiger partial charge in [-0.1, -0.05) is 18.2 Å². The lowest BCUT2D eigenvalue weighted by Crippen LogP contribution is -2.36. The maximum absolute atomic E-state index is 12.6. The monoisotopic (exact) mass is 383 g/mol. The van der Waals surface area contributed by atoms with E-state index in [4.69, 9.17) is 4.74 Å². The molecule has 7 nitrogen and oxygen atoms in total. The van der Waals surface area contributed by atoms with Gasteiger partial charge < -0.3 is 20.3 Å². The Labute approximate surface area is 164 Å². The number of para-hydroxylation sites is 2. The molecule has 0 unspecified atom stereocenters. The number of benzene rings is 2. The third kappa shape index (κ3) is 6.12. The van der Waals surface area contributed by atoms with Crippen LogP contribution in [0, 0.1) is 0 Å². The van der Waals surface area contributed by atoms with Gasteiger partial charge in [0.05, 0.1) is 11.8 Å².